The van der Waals surface area contributed by atoms with Crippen LogP contribution in [0.3, 0.4) is 0 Å². The maximum atomic E-state index is 12.3. The zero-order valence-corrected chi connectivity index (χ0v) is 19.0. The van der Waals surface area contributed by atoms with Crippen molar-refractivity contribution in [1.82, 2.24) is 29.9 Å². The first kappa shape index (κ1) is 20.8. The van der Waals surface area contributed by atoms with Crippen LogP contribution < -0.4 is 4.90 Å². The van der Waals surface area contributed by atoms with Crippen LogP contribution in [-0.4, -0.2) is 80.9 Å². The molecule has 9 heteroatoms. The van der Waals surface area contributed by atoms with E-state index in [1.54, 1.807) is 10.9 Å². The second-order valence-electron chi connectivity index (χ2n) is 9.73. The summed E-state index contributed by atoms with van der Waals surface area (Å²) in [6.07, 6.45) is 8.38. The van der Waals surface area contributed by atoms with Crippen molar-refractivity contribution in [2.45, 2.75) is 30.9 Å². The molecule has 3 atom stereocenters. The Bertz CT molecular complexity index is 1140. The van der Waals surface area contributed by atoms with Gasteiger partial charge in [-0.15, -0.1) is 6.58 Å². The molecule has 2 bridgehead atoms. The fraction of sp³-hybridized carbons (Fsp3) is 0.542. The quantitative estimate of drug-likeness (QED) is 0.576. The van der Waals surface area contributed by atoms with Crippen molar-refractivity contribution in [3.8, 4) is 5.82 Å². The van der Waals surface area contributed by atoms with Crippen molar-refractivity contribution in [2.75, 3.05) is 44.8 Å². The number of likely N-dealkylation sites (tertiary alicyclic amines) is 1. The van der Waals surface area contributed by atoms with Crippen molar-refractivity contribution in [3.05, 3.63) is 42.7 Å². The Labute approximate surface area is 193 Å². The van der Waals surface area contributed by atoms with E-state index >= 15 is 0 Å². The Hall–Kier alpha value is -2.75. The topological polar surface area (TPSA) is 95.3 Å². The van der Waals surface area contributed by atoms with E-state index in [4.69, 9.17) is 9.72 Å². The van der Waals surface area contributed by atoms with Crippen molar-refractivity contribution in [3.63, 3.8) is 0 Å². The second-order valence-corrected chi connectivity index (χ2v) is 9.73. The molecule has 5 heterocycles. The summed E-state index contributed by atoms with van der Waals surface area (Å²) >= 11 is 0. The third kappa shape index (κ3) is 3.21. The van der Waals surface area contributed by atoms with E-state index in [1.165, 1.54) is 0 Å². The molecular formula is C24H31N7O2. The molecular weight excluding hydrogens is 418 g/mol. The van der Waals surface area contributed by atoms with Gasteiger partial charge in [0.25, 0.3) is 0 Å². The van der Waals surface area contributed by atoms with Crippen molar-refractivity contribution in [1.29, 1.82) is 0 Å². The largest absolute Gasteiger partial charge is 0.384 e. The molecule has 0 amide bonds. The highest BCUT2D eigenvalue weighted by Crippen LogP contribution is 2.53. The minimum Gasteiger partial charge on any atom is -0.384 e. The Kier molecular flexibility index (Phi) is 5.01. The number of anilines is 1. The van der Waals surface area contributed by atoms with Crippen molar-refractivity contribution < 1.29 is 9.84 Å². The normalized spacial score (nSPS) is 30.2. The lowest BCUT2D eigenvalue weighted by molar-refractivity contribution is -0.0836. The first-order valence-electron chi connectivity index (χ1n) is 11.8. The molecule has 9 nitrogen and oxygen atoms in total. The molecule has 6 rings (SSSR count). The maximum Gasteiger partial charge on any atom is 0.167 e. The first-order valence-corrected chi connectivity index (χ1v) is 11.8. The third-order valence-electron chi connectivity index (χ3n) is 7.81. The maximum absolute atomic E-state index is 12.3. The summed E-state index contributed by atoms with van der Waals surface area (Å²) in [6, 6.07) is 4.17. The van der Waals surface area contributed by atoms with Gasteiger partial charge in [-0.2, -0.15) is 14.9 Å². The summed E-state index contributed by atoms with van der Waals surface area (Å²) in [7, 11) is 2.16. The molecule has 2 aliphatic heterocycles. The van der Waals surface area contributed by atoms with Crippen LogP contribution in [0.25, 0.3) is 16.9 Å². The van der Waals surface area contributed by atoms with Gasteiger partial charge in [0.2, 0.25) is 0 Å². The molecule has 33 heavy (non-hydrogen) atoms. The predicted octanol–water partition coefficient (Wildman–Crippen LogP) is 2.08. The first-order chi connectivity index (χ1) is 16.1. The molecule has 1 saturated carbocycles. The van der Waals surface area contributed by atoms with Crippen LogP contribution in [0.4, 0.5) is 5.82 Å². The summed E-state index contributed by atoms with van der Waals surface area (Å²) in [5.74, 6) is 2.01. The van der Waals surface area contributed by atoms with E-state index in [2.05, 4.69) is 44.8 Å². The molecule has 3 fully saturated rings. The molecule has 3 aromatic rings. The van der Waals surface area contributed by atoms with Crippen LogP contribution in [0, 0.1) is 11.8 Å². The second kappa shape index (κ2) is 7.93. The number of rotatable bonds is 5. The van der Waals surface area contributed by atoms with Gasteiger partial charge in [0, 0.05) is 48.5 Å². The van der Waals surface area contributed by atoms with E-state index in [1.807, 2.05) is 18.3 Å². The number of ether oxygens (including phenoxy) is 1. The van der Waals surface area contributed by atoms with Gasteiger partial charge >= 0.3 is 0 Å². The van der Waals surface area contributed by atoms with E-state index < -0.39 is 5.60 Å². The standard InChI is InChI=1S/C24H31N7O2/c1-3-4-18-15-33-10-9-30(18)22-11-20(24(32)16-5-6-17(24)14-29(2)13-16)19-12-26-31(23(19)27-22)21-7-8-25-28-21/h3,7-8,11-12,16-18,32H,1,4-6,9-10,13-15H2,2H3,(H,25,28)/t16?,17?,18-,24?/m1/s1. The minimum atomic E-state index is -0.884. The van der Waals surface area contributed by atoms with Gasteiger partial charge in [-0.3, -0.25) is 5.10 Å². The number of hydrogen-bond acceptors (Lipinski definition) is 7. The molecule has 3 aliphatic rings. The number of pyridine rings is 1. The number of aromatic nitrogens is 5. The lowest BCUT2D eigenvalue weighted by Crippen LogP contribution is -2.51. The number of H-pyrrole nitrogens is 1. The Morgan fingerprint density at radius 3 is 2.88 bits per heavy atom. The van der Waals surface area contributed by atoms with Crippen molar-refractivity contribution in [2.24, 2.45) is 11.8 Å². The van der Waals surface area contributed by atoms with E-state index in [-0.39, 0.29) is 17.9 Å². The van der Waals surface area contributed by atoms with Crippen LogP contribution in [0.5, 0.6) is 0 Å². The van der Waals surface area contributed by atoms with Crippen LogP contribution in [0.1, 0.15) is 24.8 Å². The SMILES string of the molecule is C=CC[C@@H]1COCCN1c1cc(C2(O)C3CCC2CN(C)C3)c2cnn(-c3ccn[nH]3)c2n1. The highest BCUT2D eigenvalue weighted by atomic mass is 16.5. The zero-order chi connectivity index (χ0) is 22.6. The number of piperidine rings is 1. The van der Waals surface area contributed by atoms with Gasteiger partial charge in [0.15, 0.2) is 11.5 Å². The zero-order valence-electron chi connectivity index (χ0n) is 19.0. The lowest BCUT2D eigenvalue weighted by atomic mass is 9.74. The molecule has 1 aliphatic carbocycles. The molecule has 0 spiro atoms. The molecule has 2 saturated heterocycles. The highest BCUT2D eigenvalue weighted by Gasteiger charge is 2.54. The van der Waals surface area contributed by atoms with Crippen LogP contribution in [0.2, 0.25) is 0 Å². The molecule has 2 unspecified atom stereocenters. The number of fused-ring (bicyclic) bond motifs is 3. The third-order valence-corrected chi connectivity index (χ3v) is 7.81. The number of hydrogen-bond donors (Lipinski definition) is 2. The molecule has 3 aromatic heterocycles. The number of aliphatic hydroxyl groups is 1. The molecule has 2 N–H and O–H groups in total. The van der Waals surface area contributed by atoms with Gasteiger partial charge in [-0.1, -0.05) is 6.08 Å². The summed E-state index contributed by atoms with van der Waals surface area (Å²) < 4.78 is 7.55. The average Bonchev–Trinajstić information content (AvgIpc) is 3.52. The van der Waals surface area contributed by atoms with Crippen LogP contribution >= 0.6 is 0 Å². The summed E-state index contributed by atoms with van der Waals surface area (Å²) in [6.45, 7) is 7.79. The van der Waals surface area contributed by atoms with E-state index in [0.717, 1.165) is 67.1 Å². The average molecular weight is 450 g/mol. The number of nitrogens with one attached hydrogen (secondary N) is 1. The summed E-state index contributed by atoms with van der Waals surface area (Å²) in [5, 5.41) is 25.0. The predicted molar refractivity (Wildman–Crippen MR) is 125 cm³/mol. The molecule has 0 radical (unpaired) electrons. The Balaban J connectivity index is 1.55. The lowest BCUT2D eigenvalue weighted by Gasteiger charge is -2.44. The van der Waals surface area contributed by atoms with E-state index in [9.17, 15) is 5.11 Å². The summed E-state index contributed by atoms with van der Waals surface area (Å²) in [5.41, 5.74) is 0.810. The number of morpholine rings is 1. The van der Waals surface area contributed by atoms with Crippen LogP contribution in [0.15, 0.2) is 37.2 Å². The van der Waals surface area contributed by atoms with E-state index in [0.29, 0.717) is 13.2 Å². The van der Waals surface area contributed by atoms with Crippen LogP contribution in [-0.2, 0) is 10.3 Å². The Morgan fingerprint density at radius 2 is 2.15 bits per heavy atom. The van der Waals surface area contributed by atoms with Gasteiger partial charge in [-0.25, -0.2) is 4.98 Å². The summed E-state index contributed by atoms with van der Waals surface area (Å²) in [4.78, 5) is 9.74. The van der Waals surface area contributed by atoms with Crippen molar-refractivity contribution >= 4 is 16.9 Å². The highest BCUT2D eigenvalue weighted by molar-refractivity contribution is 5.83. The van der Waals surface area contributed by atoms with Gasteiger partial charge in [0.1, 0.15) is 5.82 Å². The number of aromatic amines is 1. The smallest absolute Gasteiger partial charge is 0.167 e. The van der Waals surface area contributed by atoms with Gasteiger partial charge in [0.05, 0.1) is 37.3 Å². The fourth-order valence-electron chi connectivity index (χ4n) is 6.26. The molecule has 0 aromatic carbocycles. The fourth-order valence-corrected chi connectivity index (χ4v) is 6.26. The minimum absolute atomic E-state index is 0.168. The van der Waals surface area contributed by atoms with Gasteiger partial charge in [-0.05, 0) is 32.4 Å². The Morgan fingerprint density at radius 1 is 1.33 bits per heavy atom. The number of nitrogens with zero attached hydrogens (tertiary/aromatic N) is 6. The monoisotopic (exact) mass is 449 g/mol. The van der Waals surface area contributed by atoms with Gasteiger partial charge < -0.3 is 19.6 Å². The molecule has 174 valence electrons.